The number of rotatable bonds is 5. The number of amides is 1. The van der Waals surface area contributed by atoms with Gasteiger partial charge in [0.25, 0.3) is 5.91 Å². The maximum Gasteiger partial charge on any atom is 0.353 e. The first-order chi connectivity index (χ1) is 20.1. The molecule has 2 aliphatic heterocycles. The van der Waals surface area contributed by atoms with Crippen LogP contribution in [0.2, 0.25) is 0 Å². The van der Waals surface area contributed by atoms with Crippen LogP contribution in [0.25, 0.3) is 5.69 Å². The van der Waals surface area contributed by atoms with E-state index < -0.39 is 29.0 Å². The zero-order valence-corrected chi connectivity index (χ0v) is 22.2. The molecule has 0 bridgehead atoms. The smallest absolute Gasteiger partial charge is 0.353 e. The van der Waals surface area contributed by atoms with Gasteiger partial charge >= 0.3 is 11.4 Å². The van der Waals surface area contributed by atoms with Crippen molar-refractivity contribution < 1.29 is 9.53 Å². The molecule has 1 aromatic heterocycles. The van der Waals surface area contributed by atoms with Gasteiger partial charge in [-0.2, -0.15) is 0 Å². The van der Waals surface area contributed by atoms with Crippen LogP contribution in [0.3, 0.4) is 0 Å². The van der Waals surface area contributed by atoms with Crippen molar-refractivity contribution in [3.05, 3.63) is 160 Å². The van der Waals surface area contributed by atoms with Crippen molar-refractivity contribution >= 4 is 11.6 Å². The summed E-state index contributed by atoms with van der Waals surface area (Å²) in [5.41, 5.74) is 0.227. The topological polar surface area (TPSA) is 78.5 Å². The van der Waals surface area contributed by atoms with Crippen molar-refractivity contribution in [3.8, 4) is 11.4 Å². The molecule has 1 unspecified atom stereocenters. The van der Waals surface area contributed by atoms with Crippen molar-refractivity contribution in [1.82, 2.24) is 13.9 Å². The van der Waals surface area contributed by atoms with Crippen LogP contribution in [0, 0.1) is 0 Å². The van der Waals surface area contributed by atoms with Gasteiger partial charge in [-0.1, -0.05) is 84.9 Å². The van der Waals surface area contributed by atoms with Crippen LogP contribution in [0.15, 0.2) is 137 Å². The quantitative estimate of drug-likeness (QED) is 0.243. The van der Waals surface area contributed by atoms with Gasteiger partial charge in [0, 0.05) is 5.69 Å². The number of para-hydroxylation sites is 1. The van der Waals surface area contributed by atoms with Gasteiger partial charge in [-0.15, -0.1) is 0 Å². The summed E-state index contributed by atoms with van der Waals surface area (Å²) >= 11 is 0. The minimum Gasteiger partial charge on any atom is -0.497 e. The maximum atomic E-state index is 14.5. The lowest BCUT2D eigenvalue weighted by molar-refractivity contribution is -0.136. The van der Waals surface area contributed by atoms with Gasteiger partial charge in [0.1, 0.15) is 11.8 Å². The molecule has 0 aliphatic carbocycles. The van der Waals surface area contributed by atoms with Crippen molar-refractivity contribution in [1.29, 1.82) is 0 Å². The molecule has 0 saturated carbocycles. The lowest BCUT2D eigenvalue weighted by atomic mass is 9.73. The highest BCUT2D eigenvalue weighted by molar-refractivity contribution is 6.09. The van der Waals surface area contributed by atoms with Crippen LogP contribution in [0.5, 0.6) is 5.75 Å². The highest BCUT2D eigenvalue weighted by Crippen LogP contribution is 2.53. The van der Waals surface area contributed by atoms with Gasteiger partial charge in [0.05, 0.1) is 18.8 Å². The molecule has 202 valence electrons. The molecule has 3 atom stereocenters. The summed E-state index contributed by atoms with van der Waals surface area (Å²) in [4.78, 5) is 44.6. The number of anilines is 1. The Morgan fingerprint density at radius 3 is 1.85 bits per heavy atom. The lowest BCUT2D eigenvalue weighted by Crippen LogP contribution is -2.72. The summed E-state index contributed by atoms with van der Waals surface area (Å²) in [6.07, 6.45) is 3.67. The van der Waals surface area contributed by atoms with Gasteiger partial charge in [0.2, 0.25) is 0 Å². The largest absolute Gasteiger partial charge is 0.497 e. The zero-order valence-electron chi connectivity index (χ0n) is 22.2. The first-order valence-corrected chi connectivity index (χ1v) is 13.4. The minimum absolute atomic E-state index is 0.305. The SMILES string of the molecule is COc1ccc(N2C(=O)[C@@]3(C=CC(c4ccccc4)n4c(=O)n(-c5ccccc5)c(=O)n43)[C@H]2c2ccccc2)cc1. The van der Waals surface area contributed by atoms with Crippen molar-refractivity contribution in [2.75, 3.05) is 12.0 Å². The molecule has 1 amide bonds. The van der Waals surface area contributed by atoms with Crippen LogP contribution in [-0.2, 0) is 10.3 Å². The molecule has 4 aromatic carbocycles. The molecule has 41 heavy (non-hydrogen) atoms. The third kappa shape index (κ3) is 3.50. The number of aromatic nitrogens is 3. The summed E-state index contributed by atoms with van der Waals surface area (Å²) < 4.78 is 9.28. The molecule has 1 fully saturated rings. The molecule has 3 heterocycles. The fraction of sp³-hybridized carbons (Fsp3) is 0.121. The predicted molar refractivity (Wildman–Crippen MR) is 156 cm³/mol. The summed E-state index contributed by atoms with van der Waals surface area (Å²) in [6.45, 7) is 0. The van der Waals surface area contributed by atoms with E-state index in [1.165, 1.54) is 9.36 Å². The Morgan fingerprint density at radius 2 is 1.24 bits per heavy atom. The second-order valence-electron chi connectivity index (χ2n) is 10.1. The molecule has 7 rings (SSSR count). The Labute approximate surface area is 235 Å². The average molecular weight is 543 g/mol. The van der Waals surface area contributed by atoms with E-state index in [9.17, 15) is 14.4 Å². The van der Waals surface area contributed by atoms with Crippen molar-refractivity contribution in [3.63, 3.8) is 0 Å². The number of carbonyl (C=O) groups is 1. The summed E-state index contributed by atoms with van der Waals surface area (Å²) in [5, 5.41) is 0. The number of benzene rings is 4. The second-order valence-corrected chi connectivity index (χ2v) is 10.1. The van der Waals surface area contributed by atoms with Crippen LogP contribution in [-0.4, -0.2) is 26.9 Å². The van der Waals surface area contributed by atoms with Crippen LogP contribution in [0.1, 0.15) is 23.2 Å². The van der Waals surface area contributed by atoms with E-state index in [0.29, 0.717) is 17.1 Å². The number of ether oxygens (including phenoxy) is 1. The Kier molecular flexibility index (Phi) is 5.64. The number of β-lactam (4-membered cyclic amide) rings is 1. The summed E-state index contributed by atoms with van der Waals surface area (Å²) in [6, 6.07) is 34.0. The Balaban J connectivity index is 1.50. The van der Waals surface area contributed by atoms with E-state index in [1.807, 2.05) is 84.9 Å². The van der Waals surface area contributed by atoms with E-state index in [4.69, 9.17) is 4.74 Å². The van der Waals surface area contributed by atoms with Crippen LogP contribution < -0.4 is 21.0 Å². The third-order valence-corrected chi connectivity index (χ3v) is 7.98. The van der Waals surface area contributed by atoms with Gasteiger partial charge in [0.15, 0.2) is 5.54 Å². The monoisotopic (exact) mass is 542 g/mol. The van der Waals surface area contributed by atoms with E-state index in [0.717, 1.165) is 15.7 Å². The molecular weight excluding hydrogens is 516 g/mol. The van der Waals surface area contributed by atoms with Gasteiger partial charge in [-0.05, 0) is 53.6 Å². The highest BCUT2D eigenvalue weighted by atomic mass is 16.5. The Hall–Kier alpha value is -5.37. The lowest BCUT2D eigenvalue weighted by Gasteiger charge is -2.56. The first kappa shape index (κ1) is 24.7. The molecule has 0 N–H and O–H groups in total. The Morgan fingerprint density at radius 1 is 0.659 bits per heavy atom. The molecule has 0 radical (unpaired) electrons. The number of hydrogen-bond donors (Lipinski definition) is 0. The van der Waals surface area contributed by atoms with Crippen molar-refractivity contribution in [2.45, 2.75) is 17.6 Å². The average Bonchev–Trinajstić information content (AvgIpc) is 3.30. The zero-order chi connectivity index (χ0) is 28.1. The second kappa shape index (κ2) is 9.38. The normalized spacial score (nSPS) is 21.0. The number of hydrogen-bond acceptors (Lipinski definition) is 4. The first-order valence-electron chi connectivity index (χ1n) is 13.4. The standard InChI is InChI=1S/C33H26N4O4/c1-41-27-19-17-26(18-20-27)34-29(24-13-7-3-8-14-24)33(30(34)38)22-21-28(23-11-5-2-6-12-23)36-31(39)35(32(40)37(33)36)25-15-9-4-10-16-25/h2-22,28-29H,1H3/t28?,29-,33-/m1/s1. The Bertz CT molecular complexity index is 1890. The third-order valence-electron chi connectivity index (χ3n) is 7.98. The van der Waals surface area contributed by atoms with E-state index in [2.05, 4.69) is 0 Å². The molecule has 8 nitrogen and oxygen atoms in total. The number of nitrogens with zero attached hydrogens (tertiary/aromatic N) is 4. The van der Waals surface area contributed by atoms with Gasteiger partial charge < -0.3 is 4.74 Å². The van der Waals surface area contributed by atoms with E-state index in [-0.39, 0.29) is 5.91 Å². The molecule has 1 spiro atoms. The van der Waals surface area contributed by atoms with Gasteiger partial charge in [-0.3, -0.25) is 9.69 Å². The fourth-order valence-corrected chi connectivity index (χ4v) is 6.10. The van der Waals surface area contributed by atoms with Gasteiger partial charge in [-0.25, -0.2) is 23.5 Å². The van der Waals surface area contributed by atoms with Crippen LogP contribution in [0.4, 0.5) is 5.69 Å². The summed E-state index contributed by atoms with van der Waals surface area (Å²) in [5.74, 6) is 0.362. The molecule has 2 aliphatic rings. The highest BCUT2D eigenvalue weighted by Gasteiger charge is 2.65. The number of methoxy groups -OCH3 is 1. The molecule has 5 aromatic rings. The van der Waals surface area contributed by atoms with Crippen LogP contribution >= 0.6 is 0 Å². The van der Waals surface area contributed by atoms with E-state index in [1.54, 1.807) is 54.5 Å². The number of carbonyl (C=O) groups excluding carboxylic acids is 1. The predicted octanol–water partition coefficient (Wildman–Crippen LogP) is 4.45. The van der Waals surface area contributed by atoms with Crippen molar-refractivity contribution in [2.24, 2.45) is 0 Å². The minimum atomic E-state index is -1.46. The molecular formula is C33H26N4O4. The fourth-order valence-electron chi connectivity index (χ4n) is 6.10. The number of allylic oxidation sites excluding steroid dienone is 1. The summed E-state index contributed by atoms with van der Waals surface area (Å²) in [7, 11) is 1.59. The maximum absolute atomic E-state index is 14.5. The molecule has 1 saturated heterocycles. The van der Waals surface area contributed by atoms with E-state index >= 15 is 0 Å². The molecule has 8 heteroatoms. The number of fused-ring (bicyclic) bond motifs is 2.